The van der Waals surface area contributed by atoms with Crippen LogP contribution < -0.4 is 5.32 Å². The molecule has 1 aliphatic rings. The van der Waals surface area contributed by atoms with E-state index in [1.165, 1.54) is 19.4 Å². The maximum Gasteiger partial charge on any atom is 0.0250 e. The summed E-state index contributed by atoms with van der Waals surface area (Å²) in [6, 6.07) is 0.681. The highest BCUT2D eigenvalue weighted by Crippen LogP contribution is 2.04. The average Bonchev–Trinajstić information content (AvgIpc) is 2.19. The van der Waals surface area contributed by atoms with Gasteiger partial charge >= 0.3 is 0 Å². The van der Waals surface area contributed by atoms with Crippen molar-refractivity contribution in [3.05, 3.63) is 12.2 Å². The molecule has 0 spiro atoms. The first-order valence-corrected chi connectivity index (χ1v) is 3.29. The molecule has 1 heterocycles. The third-order valence-electron chi connectivity index (χ3n) is 1.52. The van der Waals surface area contributed by atoms with Crippen LogP contribution in [0.15, 0.2) is 12.2 Å². The average molecular weight is 111 g/mol. The second-order valence-corrected chi connectivity index (χ2v) is 2.23. The van der Waals surface area contributed by atoms with E-state index in [1.54, 1.807) is 0 Å². The molecule has 0 bridgehead atoms. The van der Waals surface area contributed by atoms with Gasteiger partial charge in [0.05, 0.1) is 0 Å². The minimum absolute atomic E-state index is 0.681. The van der Waals surface area contributed by atoms with Gasteiger partial charge in [0, 0.05) is 6.04 Å². The second kappa shape index (κ2) is 2.88. The molecule has 8 heavy (non-hydrogen) atoms. The molecule has 1 aliphatic heterocycles. The van der Waals surface area contributed by atoms with E-state index in [9.17, 15) is 0 Å². The molecular weight excluding hydrogens is 98.1 g/mol. The van der Waals surface area contributed by atoms with Crippen LogP contribution in [0.5, 0.6) is 0 Å². The molecule has 0 radical (unpaired) electrons. The van der Waals surface area contributed by atoms with E-state index in [2.05, 4.69) is 24.4 Å². The van der Waals surface area contributed by atoms with Crippen LogP contribution in [-0.4, -0.2) is 12.6 Å². The van der Waals surface area contributed by atoms with Gasteiger partial charge in [-0.15, -0.1) is 0 Å². The Balaban J connectivity index is 2.24. The lowest BCUT2D eigenvalue weighted by molar-refractivity contribution is 0.727. The Labute approximate surface area is 50.8 Å². The fraction of sp³-hybridized carbons (Fsp3) is 0.714. The summed E-state index contributed by atoms with van der Waals surface area (Å²) >= 11 is 0. The van der Waals surface area contributed by atoms with Gasteiger partial charge in [0.25, 0.3) is 0 Å². The van der Waals surface area contributed by atoms with Crippen molar-refractivity contribution in [2.75, 3.05) is 6.54 Å². The van der Waals surface area contributed by atoms with Gasteiger partial charge in [0.2, 0.25) is 0 Å². The Morgan fingerprint density at radius 2 is 2.50 bits per heavy atom. The van der Waals surface area contributed by atoms with E-state index in [1.807, 2.05) is 0 Å². The summed E-state index contributed by atoms with van der Waals surface area (Å²) < 4.78 is 0. The summed E-state index contributed by atoms with van der Waals surface area (Å²) in [6.45, 7) is 3.27. The van der Waals surface area contributed by atoms with Crippen LogP contribution in [0.25, 0.3) is 0 Å². The molecule has 1 heteroatoms. The van der Waals surface area contributed by atoms with Gasteiger partial charge in [0.1, 0.15) is 0 Å². The molecule has 0 aromatic carbocycles. The van der Waals surface area contributed by atoms with Gasteiger partial charge in [-0.2, -0.15) is 0 Å². The lowest BCUT2D eigenvalue weighted by Crippen LogP contribution is -2.17. The predicted molar refractivity (Wildman–Crippen MR) is 35.8 cm³/mol. The topological polar surface area (TPSA) is 12.0 Å². The molecule has 0 amide bonds. The molecule has 1 rings (SSSR count). The molecule has 1 saturated heterocycles. The Morgan fingerprint density at radius 1 is 1.62 bits per heavy atom. The van der Waals surface area contributed by atoms with Gasteiger partial charge in [-0.1, -0.05) is 12.2 Å². The first-order valence-electron chi connectivity index (χ1n) is 3.29. The molecule has 0 unspecified atom stereocenters. The fourth-order valence-corrected chi connectivity index (χ4v) is 1.11. The van der Waals surface area contributed by atoms with Crippen molar-refractivity contribution < 1.29 is 0 Å². The quantitative estimate of drug-likeness (QED) is 0.503. The molecule has 1 fully saturated rings. The summed E-state index contributed by atoms with van der Waals surface area (Å²) in [5.41, 5.74) is 0. The van der Waals surface area contributed by atoms with Crippen LogP contribution in [0.4, 0.5) is 0 Å². The molecule has 1 nitrogen and oxygen atoms in total. The molecule has 0 aromatic heterocycles. The maximum atomic E-state index is 3.37. The lowest BCUT2D eigenvalue weighted by Gasteiger charge is -1.99. The van der Waals surface area contributed by atoms with Crippen LogP contribution in [0.2, 0.25) is 0 Å². The van der Waals surface area contributed by atoms with Crippen molar-refractivity contribution in [1.82, 2.24) is 5.32 Å². The van der Waals surface area contributed by atoms with E-state index in [4.69, 9.17) is 0 Å². The van der Waals surface area contributed by atoms with Crippen molar-refractivity contribution in [2.45, 2.75) is 25.8 Å². The van der Waals surface area contributed by atoms with Crippen LogP contribution in [0, 0.1) is 0 Å². The summed E-state index contributed by atoms with van der Waals surface area (Å²) in [5.74, 6) is 0. The van der Waals surface area contributed by atoms with Gasteiger partial charge in [-0.05, 0) is 26.3 Å². The standard InChI is InChI=1S/C7H13N/c1-2-4-7-5-3-6-8-7/h2,4,7-8H,3,5-6H2,1H3/b4-2-/t7-/m1/s1. The summed E-state index contributed by atoms with van der Waals surface area (Å²) in [6.07, 6.45) is 7.01. The monoisotopic (exact) mass is 111 g/mol. The third-order valence-corrected chi connectivity index (χ3v) is 1.52. The first kappa shape index (κ1) is 5.83. The Hall–Kier alpha value is -0.300. The van der Waals surface area contributed by atoms with Gasteiger partial charge in [0.15, 0.2) is 0 Å². The lowest BCUT2D eigenvalue weighted by atomic mass is 10.2. The fourth-order valence-electron chi connectivity index (χ4n) is 1.11. The normalized spacial score (nSPS) is 29.9. The highest BCUT2D eigenvalue weighted by atomic mass is 14.9. The molecule has 1 N–H and O–H groups in total. The molecule has 1 atom stereocenters. The van der Waals surface area contributed by atoms with Crippen LogP contribution in [-0.2, 0) is 0 Å². The van der Waals surface area contributed by atoms with Crippen molar-refractivity contribution >= 4 is 0 Å². The zero-order valence-electron chi connectivity index (χ0n) is 5.35. The Morgan fingerprint density at radius 3 is 3.00 bits per heavy atom. The summed E-state index contributed by atoms with van der Waals surface area (Å²) in [5, 5.41) is 3.37. The third kappa shape index (κ3) is 1.34. The van der Waals surface area contributed by atoms with Crippen LogP contribution >= 0.6 is 0 Å². The Kier molecular flexibility index (Phi) is 2.10. The summed E-state index contributed by atoms with van der Waals surface area (Å²) in [7, 11) is 0. The highest BCUT2D eigenvalue weighted by Gasteiger charge is 2.08. The predicted octanol–water partition coefficient (Wildman–Crippen LogP) is 1.31. The minimum Gasteiger partial charge on any atom is -0.311 e. The van der Waals surface area contributed by atoms with Crippen LogP contribution in [0.3, 0.4) is 0 Å². The van der Waals surface area contributed by atoms with E-state index < -0.39 is 0 Å². The zero-order valence-corrected chi connectivity index (χ0v) is 5.35. The first-order chi connectivity index (χ1) is 3.93. The molecular formula is C7H13N. The Bertz CT molecular complexity index is 80.4. The molecule has 0 aliphatic carbocycles. The second-order valence-electron chi connectivity index (χ2n) is 2.23. The van der Waals surface area contributed by atoms with Crippen molar-refractivity contribution in [3.8, 4) is 0 Å². The van der Waals surface area contributed by atoms with Gasteiger partial charge in [-0.3, -0.25) is 0 Å². The molecule has 46 valence electrons. The smallest absolute Gasteiger partial charge is 0.0250 e. The minimum atomic E-state index is 0.681. The number of nitrogens with one attached hydrogen (secondary N) is 1. The number of hydrogen-bond acceptors (Lipinski definition) is 1. The number of rotatable bonds is 1. The molecule has 0 saturated carbocycles. The number of hydrogen-bond donors (Lipinski definition) is 1. The van der Waals surface area contributed by atoms with E-state index in [-0.39, 0.29) is 0 Å². The van der Waals surface area contributed by atoms with Crippen LogP contribution in [0.1, 0.15) is 19.8 Å². The van der Waals surface area contributed by atoms with Crippen molar-refractivity contribution in [3.63, 3.8) is 0 Å². The van der Waals surface area contributed by atoms with Gasteiger partial charge < -0.3 is 5.32 Å². The SMILES string of the molecule is C/C=C\[C@@H]1CCCN1. The maximum absolute atomic E-state index is 3.37. The van der Waals surface area contributed by atoms with E-state index in [0.29, 0.717) is 6.04 Å². The number of allylic oxidation sites excluding steroid dienone is 1. The molecule has 0 aromatic rings. The zero-order chi connectivity index (χ0) is 5.82. The highest BCUT2D eigenvalue weighted by molar-refractivity contribution is 4.93. The van der Waals surface area contributed by atoms with Gasteiger partial charge in [-0.25, -0.2) is 0 Å². The van der Waals surface area contributed by atoms with E-state index in [0.717, 1.165) is 0 Å². The van der Waals surface area contributed by atoms with E-state index >= 15 is 0 Å². The largest absolute Gasteiger partial charge is 0.311 e. The van der Waals surface area contributed by atoms with Crippen molar-refractivity contribution in [2.24, 2.45) is 0 Å². The van der Waals surface area contributed by atoms with Crippen molar-refractivity contribution in [1.29, 1.82) is 0 Å². The summed E-state index contributed by atoms with van der Waals surface area (Å²) in [4.78, 5) is 0.